The number of benzene rings is 1. The number of nitrogens with one attached hydrogen (secondary N) is 2. The molecule has 1 unspecified atom stereocenters. The number of alkyl carbamates (subject to hydrolysis) is 1. The highest BCUT2D eigenvalue weighted by Crippen LogP contribution is 2.33. The van der Waals surface area contributed by atoms with Gasteiger partial charge in [-0.3, -0.25) is 14.4 Å². The topological polar surface area (TPSA) is 114 Å². The molecule has 0 spiro atoms. The number of carbonyl (C=O) groups is 4. The second-order valence-electron chi connectivity index (χ2n) is 9.79. The predicted octanol–water partition coefficient (Wildman–Crippen LogP) is 2.79. The second kappa shape index (κ2) is 11.2. The van der Waals surface area contributed by atoms with Gasteiger partial charge in [0.2, 0.25) is 11.8 Å². The van der Waals surface area contributed by atoms with Crippen LogP contribution in [0.25, 0.3) is 0 Å². The molecule has 2 N–H and O–H groups in total. The number of aryl methyl sites for hydroxylation is 2. The highest BCUT2D eigenvalue weighted by molar-refractivity contribution is 5.92. The van der Waals surface area contributed by atoms with Crippen LogP contribution < -0.4 is 10.6 Å². The van der Waals surface area contributed by atoms with E-state index in [1.165, 1.54) is 12.0 Å². The number of hydrogen-bond donors (Lipinski definition) is 2. The van der Waals surface area contributed by atoms with Crippen molar-refractivity contribution in [2.75, 3.05) is 20.2 Å². The first-order valence-electron chi connectivity index (χ1n) is 10.8. The Hall–Kier alpha value is -3.10. The van der Waals surface area contributed by atoms with E-state index >= 15 is 0 Å². The molecule has 3 amide bonds. The van der Waals surface area contributed by atoms with Gasteiger partial charge < -0.3 is 25.0 Å². The van der Waals surface area contributed by atoms with Gasteiger partial charge in [0, 0.05) is 5.54 Å². The molecule has 1 atom stereocenters. The van der Waals surface area contributed by atoms with Crippen LogP contribution in [0.15, 0.2) is 18.2 Å². The highest BCUT2D eigenvalue weighted by atomic mass is 16.6. The average molecular weight is 464 g/mol. The van der Waals surface area contributed by atoms with Crippen molar-refractivity contribution in [3.8, 4) is 0 Å². The Labute approximate surface area is 196 Å². The Morgan fingerprint density at radius 1 is 0.939 bits per heavy atom. The summed E-state index contributed by atoms with van der Waals surface area (Å²) >= 11 is 0. The van der Waals surface area contributed by atoms with Crippen LogP contribution in [0.3, 0.4) is 0 Å². The summed E-state index contributed by atoms with van der Waals surface area (Å²) in [5, 5.41) is 5.04. The molecule has 184 valence electrons. The summed E-state index contributed by atoms with van der Waals surface area (Å²) in [4.78, 5) is 51.9. The fourth-order valence-electron chi connectivity index (χ4n) is 3.42. The maximum Gasteiger partial charge on any atom is 0.408 e. The highest BCUT2D eigenvalue weighted by Gasteiger charge is 2.40. The van der Waals surface area contributed by atoms with Crippen LogP contribution in [0.2, 0.25) is 0 Å². The van der Waals surface area contributed by atoms with Crippen molar-refractivity contribution in [3.05, 3.63) is 34.9 Å². The number of ether oxygens (including phenoxy) is 2. The van der Waals surface area contributed by atoms with Gasteiger partial charge >= 0.3 is 12.1 Å². The third kappa shape index (κ3) is 8.40. The van der Waals surface area contributed by atoms with Crippen molar-refractivity contribution in [2.45, 2.75) is 72.6 Å². The molecule has 0 aliphatic rings. The first-order valence-corrected chi connectivity index (χ1v) is 10.8. The molecule has 9 heteroatoms. The van der Waals surface area contributed by atoms with Crippen LogP contribution in [0, 0.1) is 13.8 Å². The number of esters is 1. The quantitative estimate of drug-likeness (QED) is 0.601. The van der Waals surface area contributed by atoms with E-state index in [0.29, 0.717) is 5.56 Å². The third-order valence-corrected chi connectivity index (χ3v) is 4.73. The number of methoxy groups -OCH3 is 1. The van der Waals surface area contributed by atoms with Crippen molar-refractivity contribution in [3.63, 3.8) is 0 Å². The van der Waals surface area contributed by atoms with Crippen LogP contribution in [0.1, 0.15) is 64.3 Å². The van der Waals surface area contributed by atoms with E-state index in [4.69, 9.17) is 4.74 Å². The molecule has 0 heterocycles. The molecule has 0 saturated carbocycles. The number of rotatable bonds is 7. The van der Waals surface area contributed by atoms with E-state index in [-0.39, 0.29) is 13.1 Å². The number of carbonyl (C=O) groups excluding carboxylic acids is 4. The van der Waals surface area contributed by atoms with Crippen molar-refractivity contribution < 1.29 is 28.7 Å². The normalized spacial score (nSPS) is 12.4. The molecular formula is C24H37N3O6. The molecule has 0 saturated heterocycles. The van der Waals surface area contributed by atoms with Crippen molar-refractivity contribution >= 4 is 23.9 Å². The van der Waals surface area contributed by atoms with Gasteiger partial charge in [-0.15, -0.1) is 0 Å². The summed E-state index contributed by atoms with van der Waals surface area (Å²) in [5.41, 5.74) is 0.770. The van der Waals surface area contributed by atoms with Gasteiger partial charge in [0.15, 0.2) is 0 Å². The summed E-state index contributed by atoms with van der Waals surface area (Å²) in [6.07, 6.45) is -0.733. The molecule has 1 aromatic rings. The largest absolute Gasteiger partial charge is 0.468 e. The molecule has 0 aliphatic carbocycles. The van der Waals surface area contributed by atoms with E-state index in [1.54, 1.807) is 41.5 Å². The van der Waals surface area contributed by atoms with E-state index in [9.17, 15) is 19.2 Å². The minimum Gasteiger partial charge on any atom is -0.468 e. The number of hydrogen-bond acceptors (Lipinski definition) is 6. The maximum absolute atomic E-state index is 13.4. The van der Waals surface area contributed by atoms with Crippen LogP contribution >= 0.6 is 0 Å². The van der Waals surface area contributed by atoms with Crippen LogP contribution in [0.4, 0.5) is 4.79 Å². The van der Waals surface area contributed by atoms with E-state index in [0.717, 1.165) is 11.1 Å². The van der Waals surface area contributed by atoms with Gasteiger partial charge in [-0.25, -0.2) is 4.79 Å². The molecule has 0 fully saturated rings. The predicted molar refractivity (Wildman–Crippen MR) is 125 cm³/mol. The molecular weight excluding hydrogens is 426 g/mol. The fraction of sp³-hybridized carbons (Fsp3) is 0.583. The van der Waals surface area contributed by atoms with Crippen molar-refractivity contribution in [1.82, 2.24) is 15.5 Å². The number of amides is 3. The summed E-state index contributed by atoms with van der Waals surface area (Å²) in [6, 6.07) is 4.54. The molecule has 1 rings (SSSR count). The van der Waals surface area contributed by atoms with E-state index in [1.807, 2.05) is 32.0 Å². The molecule has 9 nitrogen and oxygen atoms in total. The summed E-state index contributed by atoms with van der Waals surface area (Å²) < 4.78 is 9.83. The minimum absolute atomic E-state index is 0.334. The average Bonchev–Trinajstić information content (AvgIpc) is 2.66. The van der Waals surface area contributed by atoms with Crippen LogP contribution in [-0.2, 0) is 23.9 Å². The summed E-state index contributed by atoms with van der Waals surface area (Å²) in [7, 11) is 1.23. The van der Waals surface area contributed by atoms with Crippen molar-refractivity contribution in [2.24, 2.45) is 0 Å². The first-order chi connectivity index (χ1) is 15.1. The van der Waals surface area contributed by atoms with Crippen molar-refractivity contribution in [1.29, 1.82) is 0 Å². The Morgan fingerprint density at radius 3 is 1.94 bits per heavy atom. The standard InChI is InChI=1S/C24H37N3O6/c1-15-11-10-12-16(2)19(15)20(21(30)25-14-18(29)32-9)27(23(3,4)5)17(28)13-26-22(31)33-24(6,7)8/h10-12,20H,13-14H2,1-9H3,(H,25,30)(H,26,31). The summed E-state index contributed by atoms with van der Waals surface area (Å²) in [6.45, 7) is 13.6. The third-order valence-electron chi connectivity index (χ3n) is 4.73. The van der Waals surface area contributed by atoms with Gasteiger partial charge in [-0.2, -0.15) is 0 Å². The molecule has 33 heavy (non-hydrogen) atoms. The molecule has 1 aromatic carbocycles. The smallest absolute Gasteiger partial charge is 0.408 e. The number of nitrogens with zero attached hydrogens (tertiary/aromatic N) is 1. The lowest BCUT2D eigenvalue weighted by Gasteiger charge is -2.42. The van der Waals surface area contributed by atoms with Crippen LogP contribution in [0.5, 0.6) is 0 Å². The Bertz CT molecular complexity index is 863. The second-order valence-corrected chi connectivity index (χ2v) is 9.79. The molecule has 0 radical (unpaired) electrons. The van der Waals surface area contributed by atoms with Gasteiger partial charge in [0.05, 0.1) is 7.11 Å². The van der Waals surface area contributed by atoms with E-state index in [2.05, 4.69) is 15.4 Å². The monoisotopic (exact) mass is 463 g/mol. The van der Waals surface area contributed by atoms with Crippen LogP contribution in [-0.4, -0.2) is 60.1 Å². The first kappa shape index (κ1) is 27.9. The Kier molecular flexibility index (Phi) is 9.45. The van der Waals surface area contributed by atoms with Gasteiger partial charge in [0.25, 0.3) is 0 Å². The lowest BCUT2D eigenvalue weighted by Crippen LogP contribution is -2.55. The Balaban J connectivity index is 3.38. The van der Waals surface area contributed by atoms with Gasteiger partial charge in [-0.1, -0.05) is 18.2 Å². The van der Waals surface area contributed by atoms with Gasteiger partial charge in [0.1, 0.15) is 24.7 Å². The zero-order valence-corrected chi connectivity index (χ0v) is 21.1. The minimum atomic E-state index is -1.04. The van der Waals surface area contributed by atoms with E-state index < -0.39 is 41.1 Å². The fourth-order valence-corrected chi connectivity index (χ4v) is 3.42. The zero-order chi connectivity index (χ0) is 25.6. The molecule has 0 aromatic heterocycles. The molecule has 0 bridgehead atoms. The Morgan fingerprint density at radius 2 is 1.48 bits per heavy atom. The lowest BCUT2D eigenvalue weighted by atomic mass is 9.91. The zero-order valence-electron chi connectivity index (χ0n) is 21.1. The SMILES string of the molecule is COC(=O)CNC(=O)C(c1c(C)cccc1C)N(C(=O)CNC(=O)OC(C)(C)C)C(C)(C)C. The van der Waals surface area contributed by atoms with Gasteiger partial charge in [-0.05, 0) is 72.1 Å². The summed E-state index contributed by atoms with van der Waals surface area (Å²) in [5.74, 6) is -1.61. The molecule has 0 aliphatic heterocycles. The lowest BCUT2D eigenvalue weighted by molar-refractivity contribution is -0.147. The maximum atomic E-state index is 13.4.